The molecule has 0 fully saturated rings. The molecular weight excluding hydrogens is 256 g/mol. The summed E-state index contributed by atoms with van der Waals surface area (Å²) in [5.41, 5.74) is 2.63. The van der Waals surface area contributed by atoms with Gasteiger partial charge in [-0.2, -0.15) is 0 Å². The summed E-state index contributed by atoms with van der Waals surface area (Å²) in [7, 11) is 1.34. The molecule has 0 bridgehead atoms. The van der Waals surface area contributed by atoms with E-state index in [0.29, 0.717) is 11.2 Å². The Kier molecular flexibility index (Phi) is 2.87. The Morgan fingerprint density at radius 3 is 2.90 bits per heavy atom. The highest BCUT2D eigenvalue weighted by atomic mass is 16.5. The van der Waals surface area contributed by atoms with E-state index in [9.17, 15) is 9.90 Å². The second kappa shape index (κ2) is 4.70. The van der Waals surface area contributed by atoms with E-state index in [2.05, 4.69) is 9.72 Å². The van der Waals surface area contributed by atoms with E-state index in [1.807, 2.05) is 16.7 Å². The van der Waals surface area contributed by atoms with Gasteiger partial charge < -0.3 is 14.2 Å². The Morgan fingerprint density at radius 1 is 1.30 bits per heavy atom. The van der Waals surface area contributed by atoms with E-state index in [1.165, 1.54) is 7.11 Å². The van der Waals surface area contributed by atoms with Gasteiger partial charge >= 0.3 is 5.97 Å². The molecule has 2 heterocycles. The van der Waals surface area contributed by atoms with Crippen LogP contribution in [0.1, 0.15) is 10.4 Å². The van der Waals surface area contributed by atoms with Crippen LogP contribution in [0.5, 0.6) is 5.75 Å². The fourth-order valence-corrected chi connectivity index (χ4v) is 2.03. The molecule has 3 rings (SSSR count). The van der Waals surface area contributed by atoms with Crippen molar-refractivity contribution >= 4 is 11.6 Å². The molecule has 0 saturated carbocycles. The second-order valence-corrected chi connectivity index (χ2v) is 4.35. The molecule has 0 atom stereocenters. The van der Waals surface area contributed by atoms with Crippen LogP contribution in [-0.2, 0) is 4.74 Å². The van der Waals surface area contributed by atoms with E-state index in [-0.39, 0.29) is 5.75 Å². The maximum Gasteiger partial charge on any atom is 0.338 e. The zero-order valence-corrected chi connectivity index (χ0v) is 10.8. The van der Waals surface area contributed by atoms with Crippen molar-refractivity contribution in [2.75, 3.05) is 7.11 Å². The van der Waals surface area contributed by atoms with Crippen LogP contribution in [0, 0.1) is 0 Å². The lowest BCUT2D eigenvalue weighted by Crippen LogP contribution is -2.01. The number of fused-ring (bicyclic) bond motifs is 1. The summed E-state index contributed by atoms with van der Waals surface area (Å²) in [4.78, 5) is 15.9. The smallest absolute Gasteiger partial charge is 0.338 e. The number of imidazole rings is 1. The second-order valence-electron chi connectivity index (χ2n) is 4.35. The highest BCUT2D eigenvalue weighted by molar-refractivity contribution is 5.90. The maximum absolute atomic E-state index is 11.5. The molecule has 0 aliphatic carbocycles. The maximum atomic E-state index is 11.5. The summed E-state index contributed by atoms with van der Waals surface area (Å²) >= 11 is 0. The quantitative estimate of drug-likeness (QED) is 0.725. The van der Waals surface area contributed by atoms with Crippen LogP contribution in [0.2, 0.25) is 0 Å². The molecule has 0 radical (unpaired) electrons. The van der Waals surface area contributed by atoms with E-state index >= 15 is 0 Å². The molecule has 100 valence electrons. The number of methoxy groups -OCH3 is 1. The minimum Gasteiger partial charge on any atom is -0.508 e. The minimum absolute atomic E-state index is 0.190. The lowest BCUT2D eigenvalue weighted by atomic mass is 10.2. The number of carbonyl (C=O) groups excluding carboxylic acids is 1. The largest absolute Gasteiger partial charge is 0.508 e. The van der Waals surface area contributed by atoms with Gasteiger partial charge in [-0.25, -0.2) is 9.78 Å². The average molecular weight is 268 g/mol. The van der Waals surface area contributed by atoms with Gasteiger partial charge in [0.1, 0.15) is 11.4 Å². The van der Waals surface area contributed by atoms with Crippen molar-refractivity contribution in [1.29, 1.82) is 0 Å². The SMILES string of the molecule is COC(=O)c1ccn2cc(-c3cccc(O)c3)nc2c1. The average Bonchev–Trinajstić information content (AvgIpc) is 2.89. The number of pyridine rings is 1. The predicted octanol–water partition coefficient (Wildman–Crippen LogP) is 2.49. The Hall–Kier alpha value is -2.82. The number of hydrogen-bond donors (Lipinski definition) is 1. The fourth-order valence-electron chi connectivity index (χ4n) is 2.03. The number of rotatable bonds is 2. The summed E-state index contributed by atoms with van der Waals surface area (Å²) in [5.74, 6) is -0.204. The summed E-state index contributed by atoms with van der Waals surface area (Å²) < 4.78 is 6.49. The Labute approximate surface area is 115 Å². The standard InChI is InChI=1S/C15H12N2O3/c1-20-15(19)11-5-6-17-9-13(16-14(17)8-11)10-3-2-4-12(18)7-10/h2-9,18H,1H3. The molecule has 0 aliphatic rings. The molecule has 1 aromatic carbocycles. The molecule has 1 N–H and O–H groups in total. The number of benzene rings is 1. The van der Waals surface area contributed by atoms with Crippen LogP contribution in [0.25, 0.3) is 16.9 Å². The van der Waals surface area contributed by atoms with Gasteiger partial charge in [-0.1, -0.05) is 12.1 Å². The number of aromatic hydroxyl groups is 1. The lowest BCUT2D eigenvalue weighted by Gasteiger charge is -1.98. The molecule has 0 spiro atoms. The first-order valence-electron chi connectivity index (χ1n) is 6.04. The number of aromatic nitrogens is 2. The Bertz CT molecular complexity index is 793. The van der Waals surface area contributed by atoms with Crippen molar-refractivity contribution in [1.82, 2.24) is 9.38 Å². The molecule has 0 aliphatic heterocycles. The van der Waals surface area contributed by atoms with Crippen molar-refractivity contribution in [2.24, 2.45) is 0 Å². The molecule has 5 nitrogen and oxygen atoms in total. The third-order valence-corrected chi connectivity index (χ3v) is 3.02. The molecule has 3 aromatic rings. The van der Waals surface area contributed by atoms with Crippen molar-refractivity contribution in [3.05, 3.63) is 54.4 Å². The number of hydrogen-bond acceptors (Lipinski definition) is 4. The summed E-state index contributed by atoms with van der Waals surface area (Å²) in [6.45, 7) is 0. The third-order valence-electron chi connectivity index (χ3n) is 3.02. The molecule has 0 unspecified atom stereocenters. The molecule has 2 aromatic heterocycles. The van der Waals surface area contributed by atoms with Gasteiger partial charge in [0.15, 0.2) is 0 Å². The van der Waals surface area contributed by atoms with E-state index in [0.717, 1.165) is 11.3 Å². The van der Waals surface area contributed by atoms with Crippen molar-refractivity contribution < 1.29 is 14.6 Å². The highest BCUT2D eigenvalue weighted by Gasteiger charge is 2.09. The van der Waals surface area contributed by atoms with Gasteiger partial charge in [0.25, 0.3) is 0 Å². The third kappa shape index (κ3) is 2.09. The first-order chi connectivity index (χ1) is 9.67. The number of nitrogens with zero attached hydrogens (tertiary/aromatic N) is 2. The molecular formula is C15H12N2O3. The van der Waals surface area contributed by atoms with Gasteiger partial charge in [-0.05, 0) is 24.3 Å². The predicted molar refractivity (Wildman–Crippen MR) is 73.6 cm³/mol. The summed E-state index contributed by atoms with van der Waals surface area (Å²) in [6, 6.07) is 10.2. The molecule has 0 amide bonds. The number of esters is 1. The Balaban J connectivity index is 2.09. The number of carbonyl (C=O) groups is 1. The topological polar surface area (TPSA) is 63.8 Å². The minimum atomic E-state index is -0.394. The van der Waals surface area contributed by atoms with Gasteiger partial charge in [-0.3, -0.25) is 0 Å². The van der Waals surface area contributed by atoms with Crippen LogP contribution in [0.4, 0.5) is 0 Å². The van der Waals surface area contributed by atoms with Gasteiger partial charge in [0.2, 0.25) is 0 Å². The van der Waals surface area contributed by atoms with Crippen molar-refractivity contribution in [3.63, 3.8) is 0 Å². The number of phenols is 1. The zero-order valence-electron chi connectivity index (χ0n) is 10.8. The van der Waals surface area contributed by atoms with Gasteiger partial charge in [0.05, 0.1) is 18.4 Å². The summed E-state index contributed by atoms with van der Waals surface area (Å²) in [5, 5.41) is 9.50. The van der Waals surface area contributed by atoms with Crippen LogP contribution in [0.15, 0.2) is 48.8 Å². The van der Waals surface area contributed by atoms with Gasteiger partial charge in [-0.15, -0.1) is 0 Å². The molecule has 20 heavy (non-hydrogen) atoms. The first-order valence-corrected chi connectivity index (χ1v) is 6.04. The lowest BCUT2D eigenvalue weighted by molar-refractivity contribution is 0.0600. The highest BCUT2D eigenvalue weighted by Crippen LogP contribution is 2.23. The molecule has 5 heteroatoms. The van der Waals surface area contributed by atoms with Crippen molar-refractivity contribution in [3.8, 4) is 17.0 Å². The number of phenolic OH excluding ortho intramolecular Hbond substituents is 1. The van der Waals surface area contributed by atoms with E-state index in [1.54, 1.807) is 36.5 Å². The van der Waals surface area contributed by atoms with Crippen LogP contribution in [0.3, 0.4) is 0 Å². The monoisotopic (exact) mass is 268 g/mol. The zero-order chi connectivity index (χ0) is 14.1. The van der Waals surface area contributed by atoms with Crippen molar-refractivity contribution in [2.45, 2.75) is 0 Å². The van der Waals surface area contributed by atoms with E-state index in [4.69, 9.17) is 0 Å². The fraction of sp³-hybridized carbons (Fsp3) is 0.0667. The first kappa shape index (κ1) is 12.2. The molecule has 0 saturated heterocycles. The van der Waals surface area contributed by atoms with Crippen LogP contribution in [-0.4, -0.2) is 27.6 Å². The Morgan fingerprint density at radius 2 is 2.15 bits per heavy atom. The van der Waals surface area contributed by atoms with Crippen LogP contribution < -0.4 is 0 Å². The van der Waals surface area contributed by atoms with E-state index < -0.39 is 5.97 Å². The summed E-state index contributed by atoms with van der Waals surface area (Å²) in [6.07, 6.45) is 3.59. The normalized spacial score (nSPS) is 10.7. The van der Waals surface area contributed by atoms with Gasteiger partial charge in [0, 0.05) is 18.0 Å². The van der Waals surface area contributed by atoms with Crippen LogP contribution >= 0.6 is 0 Å². The number of ether oxygens (including phenoxy) is 1.